The third-order valence-electron chi connectivity index (χ3n) is 5.08. The van der Waals surface area contributed by atoms with Crippen LogP contribution in [0.2, 0.25) is 0 Å². The summed E-state index contributed by atoms with van der Waals surface area (Å²) in [6.07, 6.45) is 0. The molecular formula is C22H19N3O7S. The van der Waals surface area contributed by atoms with E-state index in [1.807, 2.05) is 32.0 Å². The highest BCUT2D eigenvalue weighted by molar-refractivity contribution is 7.17. The Bertz CT molecular complexity index is 1280. The van der Waals surface area contributed by atoms with E-state index in [-0.39, 0.29) is 16.1 Å². The van der Waals surface area contributed by atoms with E-state index in [0.717, 1.165) is 51.1 Å². The van der Waals surface area contributed by atoms with Crippen molar-refractivity contribution in [2.45, 2.75) is 20.8 Å². The van der Waals surface area contributed by atoms with Crippen LogP contribution < -0.4 is 5.32 Å². The number of thiophene rings is 1. The zero-order valence-corrected chi connectivity index (χ0v) is 18.9. The number of rotatable bonds is 6. The molecule has 2 aromatic carbocycles. The van der Waals surface area contributed by atoms with Crippen molar-refractivity contribution in [3.05, 3.63) is 83.8 Å². The largest absolute Gasteiger partial charge is 0.465 e. The molecule has 170 valence electrons. The molecule has 0 atom stereocenters. The quantitative estimate of drug-likeness (QED) is 0.297. The Labute approximate surface area is 192 Å². The van der Waals surface area contributed by atoms with Crippen LogP contribution in [0.25, 0.3) is 11.1 Å². The van der Waals surface area contributed by atoms with Gasteiger partial charge in [0.1, 0.15) is 10.6 Å². The molecular weight excluding hydrogens is 450 g/mol. The topological polar surface area (TPSA) is 142 Å². The number of carbonyl (C=O) groups excluding carboxylic acids is 2. The summed E-state index contributed by atoms with van der Waals surface area (Å²) in [5.41, 5.74) is 2.10. The monoisotopic (exact) mass is 469 g/mol. The summed E-state index contributed by atoms with van der Waals surface area (Å²) in [6, 6.07) is 8.34. The van der Waals surface area contributed by atoms with Crippen LogP contribution in [0.4, 0.5) is 16.4 Å². The molecule has 3 aromatic rings. The number of non-ortho nitro benzene ring substituents is 2. The molecule has 0 aliphatic heterocycles. The van der Waals surface area contributed by atoms with Gasteiger partial charge in [0.15, 0.2) is 0 Å². The van der Waals surface area contributed by atoms with Crippen molar-refractivity contribution in [3.63, 3.8) is 0 Å². The number of hydrogen-bond acceptors (Lipinski definition) is 8. The molecule has 0 fully saturated rings. The van der Waals surface area contributed by atoms with Gasteiger partial charge in [-0.1, -0.05) is 18.2 Å². The Balaban J connectivity index is 2.10. The summed E-state index contributed by atoms with van der Waals surface area (Å²) in [6.45, 7) is 5.69. The molecule has 0 saturated heterocycles. The van der Waals surface area contributed by atoms with Crippen LogP contribution in [-0.2, 0) is 4.74 Å². The summed E-state index contributed by atoms with van der Waals surface area (Å²) >= 11 is 1.13. The first kappa shape index (κ1) is 23.5. The third-order valence-corrected chi connectivity index (χ3v) is 6.10. The second-order valence-corrected chi connectivity index (χ2v) is 8.46. The lowest BCUT2D eigenvalue weighted by Gasteiger charge is -2.10. The van der Waals surface area contributed by atoms with Crippen molar-refractivity contribution in [3.8, 4) is 11.1 Å². The fraction of sp³-hybridized carbons (Fsp3) is 0.182. The number of hydrogen-bond donors (Lipinski definition) is 1. The molecule has 0 aliphatic carbocycles. The summed E-state index contributed by atoms with van der Waals surface area (Å²) in [7, 11) is 1.22. The number of methoxy groups -OCH3 is 1. The highest BCUT2D eigenvalue weighted by Gasteiger charge is 2.27. The van der Waals surface area contributed by atoms with Crippen LogP contribution in [-0.4, -0.2) is 28.8 Å². The lowest BCUT2D eigenvalue weighted by Crippen LogP contribution is -2.15. The van der Waals surface area contributed by atoms with Gasteiger partial charge in [-0.25, -0.2) is 4.79 Å². The number of ether oxygens (including phenoxy) is 1. The molecule has 11 heteroatoms. The molecule has 0 radical (unpaired) electrons. The van der Waals surface area contributed by atoms with E-state index in [0.29, 0.717) is 5.56 Å². The van der Waals surface area contributed by atoms with Crippen LogP contribution in [0, 0.1) is 41.0 Å². The molecule has 1 aromatic heterocycles. The molecule has 3 rings (SSSR count). The van der Waals surface area contributed by atoms with Gasteiger partial charge in [-0.3, -0.25) is 25.0 Å². The maximum absolute atomic E-state index is 12.9. The first-order valence-electron chi connectivity index (χ1n) is 9.58. The van der Waals surface area contributed by atoms with E-state index >= 15 is 0 Å². The van der Waals surface area contributed by atoms with Crippen LogP contribution in [0.1, 0.15) is 36.7 Å². The number of anilines is 1. The van der Waals surface area contributed by atoms with Gasteiger partial charge >= 0.3 is 5.97 Å². The smallest absolute Gasteiger partial charge is 0.341 e. The Kier molecular flexibility index (Phi) is 6.54. The fourth-order valence-corrected chi connectivity index (χ4v) is 4.35. The SMILES string of the molecule is COC(=O)c1c(NC(=O)c2cc([N+](=O)[O-])cc([N+](=O)[O-])c2)sc(C)c1-c1ccc(C)c(C)c1. The number of benzene rings is 2. The molecule has 1 N–H and O–H groups in total. The summed E-state index contributed by atoms with van der Waals surface area (Å²) in [4.78, 5) is 46.9. The van der Waals surface area contributed by atoms with Gasteiger partial charge in [0.2, 0.25) is 0 Å². The van der Waals surface area contributed by atoms with Gasteiger partial charge in [-0.05, 0) is 37.5 Å². The minimum absolute atomic E-state index is 0.136. The number of esters is 1. The van der Waals surface area contributed by atoms with Gasteiger partial charge in [0, 0.05) is 22.6 Å². The Morgan fingerprint density at radius 2 is 1.55 bits per heavy atom. The van der Waals surface area contributed by atoms with Gasteiger partial charge in [-0.15, -0.1) is 11.3 Å². The van der Waals surface area contributed by atoms with Gasteiger partial charge in [-0.2, -0.15) is 0 Å². The maximum Gasteiger partial charge on any atom is 0.341 e. The van der Waals surface area contributed by atoms with E-state index < -0.39 is 33.1 Å². The Morgan fingerprint density at radius 3 is 2.06 bits per heavy atom. The van der Waals surface area contributed by atoms with Gasteiger partial charge in [0.25, 0.3) is 17.3 Å². The minimum atomic E-state index is -0.833. The summed E-state index contributed by atoms with van der Waals surface area (Å²) < 4.78 is 4.93. The highest BCUT2D eigenvalue weighted by atomic mass is 32.1. The average molecular weight is 469 g/mol. The van der Waals surface area contributed by atoms with Crippen molar-refractivity contribution >= 4 is 39.6 Å². The van der Waals surface area contributed by atoms with E-state index in [1.165, 1.54) is 7.11 Å². The Morgan fingerprint density at radius 1 is 0.939 bits per heavy atom. The second kappa shape index (κ2) is 9.17. The lowest BCUT2D eigenvalue weighted by atomic mass is 9.97. The molecule has 0 aliphatic rings. The van der Waals surface area contributed by atoms with Crippen molar-refractivity contribution < 1.29 is 24.2 Å². The van der Waals surface area contributed by atoms with Crippen LogP contribution >= 0.6 is 11.3 Å². The molecule has 0 bridgehead atoms. The van der Waals surface area contributed by atoms with Gasteiger partial charge < -0.3 is 10.1 Å². The van der Waals surface area contributed by atoms with Crippen molar-refractivity contribution in [2.75, 3.05) is 12.4 Å². The van der Waals surface area contributed by atoms with Crippen molar-refractivity contribution in [1.29, 1.82) is 0 Å². The van der Waals surface area contributed by atoms with E-state index in [2.05, 4.69) is 5.32 Å². The zero-order chi connectivity index (χ0) is 24.4. The minimum Gasteiger partial charge on any atom is -0.465 e. The van der Waals surface area contributed by atoms with E-state index in [1.54, 1.807) is 6.92 Å². The number of amides is 1. The number of aryl methyl sites for hydroxylation is 3. The number of nitrogens with one attached hydrogen (secondary N) is 1. The predicted molar refractivity (Wildman–Crippen MR) is 123 cm³/mol. The zero-order valence-electron chi connectivity index (χ0n) is 18.1. The molecule has 0 unspecified atom stereocenters. The average Bonchev–Trinajstić information content (AvgIpc) is 3.10. The molecule has 10 nitrogen and oxygen atoms in total. The van der Waals surface area contributed by atoms with Crippen LogP contribution in [0.3, 0.4) is 0 Å². The molecule has 33 heavy (non-hydrogen) atoms. The molecule has 0 spiro atoms. The fourth-order valence-electron chi connectivity index (χ4n) is 3.29. The highest BCUT2D eigenvalue weighted by Crippen LogP contribution is 2.41. The normalized spacial score (nSPS) is 10.5. The molecule has 1 heterocycles. The number of carbonyl (C=O) groups is 2. The molecule has 0 saturated carbocycles. The third kappa shape index (κ3) is 4.72. The number of nitrogens with zero attached hydrogens (tertiary/aromatic N) is 2. The van der Waals surface area contributed by atoms with E-state index in [9.17, 15) is 29.8 Å². The molecule has 1 amide bonds. The van der Waals surface area contributed by atoms with Gasteiger partial charge in [0.05, 0.1) is 28.6 Å². The lowest BCUT2D eigenvalue weighted by molar-refractivity contribution is -0.394. The first-order chi connectivity index (χ1) is 15.5. The van der Waals surface area contributed by atoms with E-state index in [4.69, 9.17) is 4.74 Å². The first-order valence-corrected chi connectivity index (χ1v) is 10.4. The van der Waals surface area contributed by atoms with Crippen molar-refractivity contribution in [2.24, 2.45) is 0 Å². The standard InChI is InChI=1S/C22H19N3O7S/c1-11-5-6-14(7-12(11)2)18-13(3)33-21(19(18)22(27)32-4)23-20(26)15-8-16(24(28)29)10-17(9-15)25(30)31/h5-10H,1-4H3,(H,23,26). The van der Waals surface area contributed by atoms with Crippen LogP contribution in [0.15, 0.2) is 36.4 Å². The van der Waals surface area contributed by atoms with Crippen molar-refractivity contribution in [1.82, 2.24) is 0 Å². The number of nitro benzene ring substituents is 2. The second-order valence-electron chi connectivity index (χ2n) is 7.23. The summed E-state index contributed by atoms with van der Waals surface area (Å²) in [5.74, 6) is -1.51. The maximum atomic E-state index is 12.9. The summed E-state index contributed by atoms with van der Waals surface area (Å²) in [5, 5.41) is 25.0. The Hall–Kier alpha value is -4.12. The van der Waals surface area contributed by atoms with Crippen LogP contribution in [0.5, 0.6) is 0 Å². The predicted octanol–water partition coefficient (Wildman–Crippen LogP) is 5.20. The number of nitro groups is 2.